The van der Waals surface area contributed by atoms with Gasteiger partial charge < -0.3 is 4.52 Å². The van der Waals surface area contributed by atoms with Crippen LogP contribution in [0.3, 0.4) is 0 Å². The van der Waals surface area contributed by atoms with E-state index in [-0.39, 0.29) is 22.8 Å². The number of aryl methyl sites for hydroxylation is 2. The lowest BCUT2D eigenvalue weighted by molar-refractivity contribution is -0.118. The summed E-state index contributed by atoms with van der Waals surface area (Å²) in [6.45, 7) is 3.03. The van der Waals surface area contributed by atoms with Crippen LogP contribution >= 0.6 is 0 Å². The molecule has 1 aromatic heterocycles. The number of amides is 1. The van der Waals surface area contributed by atoms with Gasteiger partial charge in [-0.15, -0.1) is 0 Å². The Labute approximate surface area is 118 Å². The predicted molar refractivity (Wildman–Crippen MR) is 72.5 cm³/mol. The molecule has 6 nitrogen and oxygen atoms in total. The van der Waals surface area contributed by atoms with E-state index in [2.05, 4.69) is 9.88 Å². The average molecular weight is 298 g/mol. The van der Waals surface area contributed by atoms with Crippen molar-refractivity contribution in [3.05, 3.63) is 23.1 Å². The highest BCUT2D eigenvalue weighted by Gasteiger charge is 2.26. The summed E-state index contributed by atoms with van der Waals surface area (Å²) in [4.78, 5) is 11.8. The Kier molecular flexibility index (Phi) is 4.27. The normalized spacial score (nSPS) is 15.8. The number of allylic oxidation sites excluding steroid dienone is 1. The van der Waals surface area contributed by atoms with E-state index in [1.54, 1.807) is 0 Å². The summed E-state index contributed by atoms with van der Waals surface area (Å²) >= 11 is 0. The third-order valence-corrected chi connectivity index (χ3v) is 4.87. The number of sulfonamides is 1. The number of nitrogens with zero attached hydrogens (tertiary/aromatic N) is 1. The third kappa shape index (κ3) is 3.27. The zero-order valence-corrected chi connectivity index (χ0v) is 12.4. The summed E-state index contributed by atoms with van der Waals surface area (Å²) in [5.74, 6) is -0.335. The molecular formula is C13H18N2O4S. The molecule has 1 aromatic rings. The highest BCUT2D eigenvalue weighted by molar-refractivity contribution is 7.90. The van der Waals surface area contributed by atoms with Crippen molar-refractivity contribution in [1.29, 1.82) is 0 Å². The van der Waals surface area contributed by atoms with Crippen LogP contribution in [-0.2, 0) is 14.8 Å². The van der Waals surface area contributed by atoms with Gasteiger partial charge in [0.05, 0.1) is 0 Å². The molecule has 0 atom stereocenters. The van der Waals surface area contributed by atoms with Gasteiger partial charge in [-0.1, -0.05) is 16.8 Å². The fourth-order valence-electron chi connectivity index (χ4n) is 2.37. The molecule has 0 aromatic carbocycles. The van der Waals surface area contributed by atoms with Crippen molar-refractivity contribution < 1.29 is 17.7 Å². The van der Waals surface area contributed by atoms with Crippen LogP contribution in [0.25, 0.3) is 0 Å². The van der Waals surface area contributed by atoms with Crippen LogP contribution < -0.4 is 4.72 Å². The molecule has 20 heavy (non-hydrogen) atoms. The fraction of sp³-hybridized carbons (Fsp3) is 0.538. The van der Waals surface area contributed by atoms with E-state index in [9.17, 15) is 13.2 Å². The summed E-state index contributed by atoms with van der Waals surface area (Å²) in [6.07, 6.45) is 6.14. The van der Waals surface area contributed by atoms with Crippen molar-refractivity contribution in [2.75, 3.05) is 0 Å². The number of hydrogen-bond donors (Lipinski definition) is 1. The molecule has 1 amide bonds. The van der Waals surface area contributed by atoms with E-state index < -0.39 is 15.9 Å². The summed E-state index contributed by atoms with van der Waals surface area (Å²) in [5, 5.41) is 3.59. The Morgan fingerprint density at radius 2 is 2.15 bits per heavy atom. The Morgan fingerprint density at radius 1 is 1.40 bits per heavy atom. The van der Waals surface area contributed by atoms with Gasteiger partial charge in [0.25, 0.3) is 10.0 Å². The Balaban J connectivity index is 2.09. The monoisotopic (exact) mass is 298 g/mol. The fourth-order valence-corrected chi connectivity index (χ4v) is 3.68. The van der Waals surface area contributed by atoms with Crippen LogP contribution in [0, 0.1) is 13.8 Å². The molecule has 0 bridgehead atoms. The number of hydrogen-bond acceptors (Lipinski definition) is 5. The second kappa shape index (κ2) is 5.78. The Hall–Kier alpha value is -1.63. The second-order valence-electron chi connectivity index (χ2n) is 4.97. The van der Waals surface area contributed by atoms with Crippen molar-refractivity contribution in [2.45, 2.75) is 50.8 Å². The first-order chi connectivity index (χ1) is 9.40. The molecule has 0 radical (unpaired) electrons. The highest BCUT2D eigenvalue weighted by atomic mass is 32.2. The standard InChI is InChI=1S/C13H18N2O4S/c1-9-13(10(2)19-14-9)20(17,18)15-12(16)8-11-6-4-3-5-7-11/h6H,3-5,7-8H2,1-2H3,(H,15,16). The van der Waals surface area contributed by atoms with Crippen molar-refractivity contribution in [3.8, 4) is 0 Å². The van der Waals surface area contributed by atoms with E-state index in [1.807, 2.05) is 6.08 Å². The van der Waals surface area contributed by atoms with Gasteiger partial charge >= 0.3 is 0 Å². The number of aromatic nitrogens is 1. The number of rotatable bonds is 4. The highest BCUT2D eigenvalue weighted by Crippen LogP contribution is 2.21. The van der Waals surface area contributed by atoms with Gasteiger partial charge in [0.1, 0.15) is 5.69 Å². The van der Waals surface area contributed by atoms with Gasteiger partial charge in [-0.2, -0.15) is 0 Å². The first-order valence-corrected chi connectivity index (χ1v) is 8.05. The SMILES string of the molecule is Cc1noc(C)c1S(=O)(=O)NC(=O)CC1=CCCCC1. The first kappa shape index (κ1) is 14.8. The van der Waals surface area contributed by atoms with Crippen molar-refractivity contribution >= 4 is 15.9 Å². The van der Waals surface area contributed by atoms with Gasteiger partial charge in [-0.3, -0.25) is 4.79 Å². The maximum atomic E-state index is 12.1. The molecule has 1 aliphatic rings. The molecule has 1 N–H and O–H groups in total. The third-order valence-electron chi connectivity index (χ3n) is 3.26. The van der Waals surface area contributed by atoms with Crippen LogP contribution in [0.4, 0.5) is 0 Å². The molecule has 2 rings (SSSR count). The van der Waals surface area contributed by atoms with Crippen molar-refractivity contribution in [2.24, 2.45) is 0 Å². The minimum atomic E-state index is -3.91. The van der Waals surface area contributed by atoms with E-state index in [0.29, 0.717) is 0 Å². The van der Waals surface area contributed by atoms with Gasteiger partial charge in [0.15, 0.2) is 10.7 Å². The zero-order valence-electron chi connectivity index (χ0n) is 11.6. The minimum Gasteiger partial charge on any atom is -0.360 e. The van der Waals surface area contributed by atoms with E-state index in [1.165, 1.54) is 13.8 Å². The molecule has 0 spiro atoms. The van der Waals surface area contributed by atoms with E-state index >= 15 is 0 Å². The molecule has 110 valence electrons. The lowest BCUT2D eigenvalue weighted by Crippen LogP contribution is -2.31. The van der Waals surface area contributed by atoms with Crippen LogP contribution in [0.15, 0.2) is 21.1 Å². The quantitative estimate of drug-likeness (QED) is 0.859. The molecule has 1 heterocycles. The molecule has 0 unspecified atom stereocenters. The number of nitrogens with one attached hydrogen (secondary N) is 1. The summed E-state index contributed by atoms with van der Waals surface area (Å²) in [5.41, 5.74) is 1.25. The van der Waals surface area contributed by atoms with Gasteiger partial charge in [0.2, 0.25) is 5.91 Å². The van der Waals surface area contributed by atoms with Crippen molar-refractivity contribution in [3.63, 3.8) is 0 Å². The number of carbonyl (C=O) groups is 1. The lowest BCUT2D eigenvalue weighted by atomic mass is 9.97. The maximum absolute atomic E-state index is 12.1. The Bertz CT molecular complexity index is 624. The van der Waals surface area contributed by atoms with Crippen LogP contribution in [-0.4, -0.2) is 19.5 Å². The second-order valence-corrected chi connectivity index (χ2v) is 6.59. The lowest BCUT2D eigenvalue weighted by Gasteiger charge is -2.12. The molecule has 0 fully saturated rings. The summed E-state index contributed by atoms with van der Waals surface area (Å²) in [7, 11) is -3.91. The summed E-state index contributed by atoms with van der Waals surface area (Å²) < 4.78 is 31.2. The largest absolute Gasteiger partial charge is 0.360 e. The maximum Gasteiger partial charge on any atom is 0.269 e. The molecule has 7 heteroatoms. The first-order valence-electron chi connectivity index (χ1n) is 6.56. The molecular weight excluding hydrogens is 280 g/mol. The van der Waals surface area contributed by atoms with E-state index in [0.717, 1.165) is 31.3 Å². The van der Waals surface area contributed by atoms with Gasteiger partial charge in [-0.25, -0.2) is 13.1 Å². The van der Waals surface area contributed by atoms with E-state index in [4.69, 9.17) is 4.52 Å². The predicted octanol–water partition coefficient (Wildman–Crippen LogP) is 1.99. The van der Waals surface area contributed by atoms with Crippen LogP contribution in [0.1, 0.15) is 43.6 Å². The molecule has 0 saturated heterocycles. The average Bonchev–Trinajstić information content (AvgIpc) is 2.70. The molecule has 0 saturated carbocycles. The van der Waals surface area contributed by atoms with Gasteiger partial charge in [-0.05, 0) is 39.5 Å². The van der Waals surface area contributed by atoms with Crippen LogP contribution in [0.5, 0.6) is 0 Å². The minimum absolute atomic E-state index is 0.0523. The summed E-state index contributed by atoms with van der Waals surface area (Å²) in [6, 6.07) is 0. The van der Waals surface area contributed by atoms with Crippen molar-refractivity contribution in [1.82, 2.24) is 9.88 Å². The topological polar surface area (TPSA) is 89.3 Å². The molecule has 0 aliphatic heterocycles. The zero-order chi connectivity index (χ0) is 14.8. The Morgan fingerprint density at radius 3 is 2.70 bits per heavy atom. The smallest absolute Gasteiger partial charge is 0.269 e. The number of carbonyl (C=O) groups excluding carboxylic acids is 1. The van der Waals surface area contributed by atoms with Crippen LogP contribution in [0.2, 0.25) is 0 Å². The molecule has 1 aliphatic carbocycles. The van der Waals surface area contributed by atoms with Gasteiger partial charge in [0, 0.05) is 6.42 Å².